The van der Waals surface area contributed by atoms with Gasteiger partial charge in [-0.05, 0) is 37.3 Å². The summed E-state index contributed by atoms with van der Waals surface area (Å²) < 4.78 is 19.8. The summed E-state index contributed by atoms with van der Waals surface area (Å²) in [5, 5.41) is 11.6. The van der Waals surface area contributed by atoms with Crippen molar-refractivity contribution >= 4 is 21.8 Å². The number of halogens is 2. The Bertz CT molecular complexity index is 677. The van der Waals surface area contributed by atoms with Crippen molar-refractivity contribution in [2.75, 3.05) is 0 Å². The molecule has 0 bridgehead atoms. The van der Waals surface area contributed by atoms with Crippen LogP contribution in [0.2, 0.25) is 0 Å². The molecule has 3 N–H and O–H groups in total. The molecule has 1 aromatic heterocycles. The summed E-state index contributed by atoms with van der Waals surface area (Å²) in [4.78, 5) is 4.13. The van der Waals surface area contributed by atoms with E-state index < -0.39 is 5.82 Å². The van der Waals surface area contributed by atoms with Gasteiger partial charge in [-0.25, -0.2) is 9.37 Å². The highest BCUT2D eigenvalue weighted by Crippen LogP contribution is 2.28. The van der Waals surface area contributed by atoms with Gasteiger partial charge in [-0.1, -0.05) is 21.1 Å². The average Bonchev–Trinajstić information content (AvgIpc) is 2.42. The lowest BCUT2D eigenvalue weighted by molar-refractivity contribution is 0.318. The molecule has 2 rings (SSSR count). The number of nitrogens with two attached hydrogens (primary N) is 1. The van der Waals surface area contributed by atoms with E-state index in [0.717, 1.165) is 0 Å². The lowest BCUT2D eigenvalue weighted by Crippen LogP contribution is -2.15. The molecule has 7 heteroatoms. The fourth-order valence-electron chi connectivity index (χ4n) is 1.52. The number of hydrogen-bond donors (Lipinski definition) is 2. The number of nitrogens with zero attached hydrogens (tertiary/aromatic N) is 2. The summed E-state index contributed by atoms with van der Waals surface area (Å²) in [6, 6.07) is 7.55. The summed E-state index contributed by atoms with van der Waals surface area (Å²) in [6.45, 7) is 1.75. The fourth-order valence-corrected chi connectivity index (χ4v) is 1.86. The lowest BCUT2D eigenvalue weighted by Gasteiger charge is -2.10. The Balaban J connectivity index is 2.47. The Hall–Kier alpha value is -2.15. The molecule has 0 fully saturated rings. The molecule has 0 radical (unpaired) electrons. The van der Waals surface area contributed by atoms with Crippen molar-refractivity contribution in [3.63, 3.8) is 0 Å². The molecule has 0 aliphatic rings. The minimum absolute atomic E-state index is 0.00975. The van der Waals surface area contributed by atoms with Gasteiger partial charge in [0.05, 0.1) is 5.56 Å². The molecule has 0 aliphatic carbocycles. The van der Waals surface area contributed by atoms with Gasteiger partial charge >= 0.3 is 0 Å². The van der Waals surface area contributed by atoms with Gasteiger partial charge in [0.15, 0.2) is 17.4 Å². The van der Waals surface area contributed by atoms with Crippen LogP contribution in [-0.2, 0) is 0 Å². The molecule has 0 saturated carbocycles. The highest BCUT2D eigenvalue weighted by atomic mass is 79.9. The van der Waals surface area contributed by atoms with Crippen molar-refractivity contribution in [2.45, 2.75) is 6.92 Å². The zero-order valence-electron chi connectivity index (χ0n) is 10.5. The SMILES string of the molecule is Cc1ccc(/C(N)=N/O)c(Oc2cc(Br)ccc2F)n1. The number of amidine groups is 1. The van der Waals surface area contributed by atoms with Gasteiger partial charge in [0.1, 0.15) is 0 Å². The average molecular weight is 340 g/mol. The van der Waals surface area contributed by atoms with E-state index in [9.17, 15) is 4.39 Å². The normalized spacial score (nSPS) is 11.4. The van der Waals surface area contributed by atoms with E-state index in [1.54, 1.807) is 25.1 Å². The maximum atomic E-state index is 13.7. The van der Waals surface area contributed by atoms with Gasteiger partial charge in [-0.2, -0.15) is 0 Å². The Kier molecular flexibility index (Phi) is 4.19. The second-order valence-electron chi connectivity index (χ2n) is 3.97. The molecule has 5 nitrogen and oxygen atoms in total. The van der Waals surface area contributed by atoms with Gasteiger partial charge < -0.3 is 15.7 Å². The maximum Gasteiger partial charge on any atom is 0.230 e. The van der Waals surface area contributed by atoms with Crippen molar-refractivity contribution in [2.24, 2.45) is 10.9 Å². The van der Waals surface area contributed by atoms with Crippen LogP contribution in [0.5, 0.6) is 11.6 Å². The molecule has 0 saturated heterocycles. The molecule has 20 heavy (non-hydrogen) atoms. The number of aryl methyl sites for hydroxylation is 1. The van der Waals surface area contributed by atoms with Gasteiger partial charge in [0.2, 0.25) is 5.88 Å². The highest BCUT2D eigenvalue weighted by molar-refractivity contribution is 9.10. The van der Waals surface area contributed by atoms with Crippen molar-refractivity contribution < 1.29 is 14.3 Å². The zero-order valence-corrected chi connectivity index (χ0v) is 12.1. The zero-order chi connectivity index (χ0) is 14.7. The first kappa shape index (κ1) is 14.3. The van der Waals surface area contributed by atoms with Crippen LogP contribution in [0.15, 0.2) is 40.0 Å². The Labute approximate surface area is 123 Å². The van der Waals surface area contributed by atoms with Crippen LogP contribution >= 0.6 is 15.9 Å². The quantitative estimate of drug-likeness (QED) is 0.389. The van der Waals surface area contributed by atoms with Crippen molar-refractivity contribution in [3.05, 3.63) is 51.9 Å². The van der Waals surface area contributed by atoms with E-state index in [1.807, 2.05) is 0 Å². The first-order chi connectivity index (χ1) is 9.51. The number of pyridine rings is 1. The first-order valence-corrected chi connectivity index (χ1v) is 6.39. The third-order valence-corrected chi connectivity index (χ3v) is 2.98. The minimum Gasteiger partial charge on any atom is -0.435 e. The molecule has 0 spiro atoms. The Morgan fingerprint density at radius 2 is 2.15 bits per heavy atom. The van der Waals surface area contributed by atoms with Crippen LogP contribution in [0.4, 0.5) is 4.39 Å². The summed E-state index contributed by atoms with van der Waals surface area (Å²) in [6.07, 6.45) is 0. The van der Waals surface area contributed by atoms with E-state index >= 15 is 0 Å². The van der Waals surface area contributed by atoms with E-state index in [-0.39, 0.29) is 23.0 Å². The van der Waals surface area contributed by atoms with Gasteiger partial charge in [-0.3, -0.25) is 0 Å². The van der Waals surface area contributed by atoms with E-state index in [1.165, 1.54) is 12.1 Å². The smallest absolute Gasteiger partial charge is 0.230 e. The molecule has 0 amide bonds. The number of hydrogen-bond acceptors (Lipinski definition) is 4. The topological polar surface area (TPSA) is 80.7 Å². The maximum absolute atomic E-state index is 13.7. The largest absolute Gasteiger partial charge is 0.435 e. The molecule has 2 aromatic rings. The number of benzene rings is 1. The molecule has 1 aromatic carbocycles. The number of rotatable bonds is 3. The van der Waals surface area contributed by atoms with Crippen LogP contribution in [0.3, 0.4) is 0 Å². The highest BCUT2D eigenvalue weighted by Gasteiger charge is 2.14. The lowest BCUT2D eigenvalue weighted by atomic mass is 10.2. The predicted octanol–water partition coefficient (Wildman–Crippen LogP) is 3.18. The van der Waals surface area contributed by atoms with Gasteiger partial charge in [-0.15, -0.1) is 0 Å². The van der Waals surface area contributed by atoms with Gasteiger partial charge in [0, 0.05) is 10.2 Å². The van der Waals surface area contributed by atoms with Crippen LogP contribution in [0, 0.1) is 12.7 Å². The van der Waals surface area contributed by atoms with Gasteiger partial charge in [0.25, 0.3) is 0 Å². The van der Waals surface area contributed by atoms with Crippen molar-refractivity contribution in [1.82, 2.24) is 4.98 Å². The molecule has 0 aliphatic heterocycles. The number of aromatic nitrogens is 1. The molecule has 104 valence electrons. The molecule has 0 unspecified atom stereocenters. The Morgan fingerprint density at radius 1 is 1.40 bits per heavy atom. The summed E-state index contributed by atoms with van der Waals surface area (Å²) in [7, 11) is 0. The van der Waals surface area contributed by atoms with Crippen molar-refractivity contribution in [1.29, 1.82) is 0 Å². The minimum atomic E-state index is -0.540. The predicted molar refractivity (Wildman–Crippen MR) is 75.7 cm³/mol. The van der Waals surface area contributed by atoms with Crippen LogP contribution in [-0.4, -0.2) is 16.0 Å². The summed E-state index contributed by atoms with van der Waals surface area (Å²) in [5.74, 6) is -0.647. The van der Waals surface area contributed by atoms with Crippen molar-refractivity contribution in [3.8, 4) is 11.6 Å². The first-order valence-electron chi connectivity index (χ1n) is 5.59. The molecule has 0 atom stereocenters. The standard InChI is InChI=1S/C13H11BrFN3O2/c1-7-2-4-9(12(16)18-19)13(17-7)20-11-6-8(14)3-5-10(11)15/h2-6,19H,1H3,(H2,16,18). The fraction of sp³-hybridized carbons (Fsp3) is 0.0769. The molecule has 1 heterocycles. The second kappa shape index (κ2) is 5.87. The second-order valence-corrected chi connectivity index (χ2v) is 4.88. The van der Waals surface area contributed by atoms with Crippen LogP contribution < -0.4 is 10.5 Å². The summed E-state index contributed by atoms with van der Waals surface area (Å²) in [5.41, 5.74) is 6.48. The van der Waals surface area contributed by atoms with Crippen LogP contribution in [0.25, 0.3) is 0 Å². The third-order valence-electron chi connectivity index (χ3n) is 2.48. The molecular weight excluding hydrogens is 329 g/mol. The third kappa shape index (κ3) is 3.05. The Morgan fingerprint density at radius 3 is 2.85 bits per heavy atom. The van der Waals surface area contributed by atoms with Crippen LogP contribution in [0.1, 0.15) is 11.3 Å². The van der Waals surface area contributed by atoms with E-state index in [4.69, 9.17) is 15.7 Å². The number of ether oxygens (including phenoxy) is 1. The summed E-state index contributed by atoms with van der Waals surface area (Å²) >= 11 is 3.23. The molecular formula is C13H11BrFN3O2. The number of oxime groups is 1. The van der Waals surface area contributed by atoms with E-state index in [2.05, 4.69) is 26.1 Å². The van der Waals surface area contributed by atoms with E-state index in [0.29, 0.717) is 10.2 Å². The monoisotopic (exact) mass is 339 g/mol.